The first-order valence-corrected chi connectivity index (χ1v) is 9.58. The summed E-state index contributed by atoms with van der Waals surface area (Å²) >= 11 is 0. The normalized spacial score (nSPS) is 11.2. The van der Waals surface area contributed by atoms with Gasteiger partial charge in [0.25, 0.3) is 0 Å². The fourth-order valence-electron chi connectivity index (χ4n) is 3.26. The molecule has 0 saturated carbocycles. The SMILES string of the molecule is Fc1ccc(F)c(OB(Oc2ccc(F)c3c(F)c(F)c(F)cc23)c2c(F)c(F)c(F)c(F)c2F)c1F. The highest BCUT2D eigenvalue weighted by atomic mass is 19.2. The van der Waals surface area contributed by atoms with Gasteiger partial charge in [0.05, 0.1) is 10.8 Å². The number of benzene rings is 4. The number of hydrogen-bond donors (Lipinski definition) is 0. The van der Waals surface area contributed by atoms with Gasteiger partial charge >= 0.3 is 7.12 Å². The third-order valence-corrected chi connectivity index (χ3v) is 4.99. The molecule has 0 spiro atoms. The highest BCUT2D eigenvalue weighted by Gasteiger charge is 2.41. The van der Waals surface area contributed by atoms with E-state index in [9.17, 15) is 52.7 Å². The lowest BCUT2D eigenvalue weighted by Gasteiger charge is -2.20. The van der Waals surface area contributed by atoms with Gasteiger partial charge in [-0.3, -0.25) is 0 Å². The van der Waals surface area contributed by atoms with Crippen LogP contribution in [-0.4, -0.2) is 7.12 Å². The van der Waals surface area contributed by atoms with Crippen LogP contribution in [0.5, 0.6) is 11.5 Å². The molecule has 0 aliphatic carbocycles. The third kappa shape index (κ3) is 4.27. The fourth-order valence-corrected chi connectivity index (χ4v) is 3.26. The second-order valence-electron chi connectivity index (χ2n) is 7.18. The van der Waals surface area contributed by atoms with Gasteiger partial charge in [-0.2, -0.15) is 4.39 Å². The first kappa shape index (κ1) is 26.0. The molecule has 4 rings (SSSR count). The molecule has 4 aromatic carbocycles. The van der Waals surface area contributed by atoms with E-state index in [0.717, 1.165) is 0 Å². The zero-order valence-electron chi connectivity index (χ0n) is 17.3. The Kier molecular flexibility index (Phi) is 6.65. The summed E-state index contributed by atoms with van der Waals surface area (Å²) < 4.78 is 178. The maximum absolute atomic E-state index is 14.5. The molecule has 15 heteroatoms. The van der Waals surface area contributed by atoms with Crippen molar-refractivity contribution in [3.8, 4) is 11.5 Å². The molecule has 0 aliphatic heterocycles. The summed E-state index contributed by atoms with van der Waals surface area (Å²) in [6.07, 6.45) is 0. The van der Waals surface area contributed by atoms with Crippen LogP contribution in [0.1, 0.15) is 0 Å². The molecule has 0 heterocycles. The van der Waals surface area contributed by atoms with Gasteiger partial charge in [0.15, 0.2) is 63.9 Å². The fraction of sp³-hybridized carbons (Fsp3) is 0. The molecule has 0 unspecified atom stereocenters. The van der Waals surface area contributed by atoms with Crippen molar-refractivity contribution < 1.29 is 62.0 Å². The third-order valence-electron chi connectivity index (χ3n) is 4.99. The van der Waals surface area contributed by atoms with E-state index < -0.39 is 105 Å². The zero-order chi connectivity index (χ0) is 27.3. The van der Waals surface area contributed by atoms with Crippen LogP contribution in [0.4, 0.5) is 52.7 Å². The first-order chi connectivity index (χ1) is 17.3. The highest BCUT2D eigenvalue weighted by molar-refractivity contribution is 6.63. The molecular weight excluding hydrogens is 535 g/mol. The smallest absolute Gasteiger partial charge is 0.521 e. The van der Waals surface area contributed by atoms with Crippen molar-refractivity contribution in [2.75, 3.05) is 0 Å². The summed E-state index contributed by atoms with van der Waals surface area (Å²) in [4.78, 5) is 0. The molecule has 0 N–H and O–H groups in total. The lowest BCUT2D eigenvalue weighted by atomic mass is 9.77. The van der Waals surface area contributed by atoms with Gasteiger partial charge in [-0.15, -0.1) is 0 Å². The van der Waals surface area contributed by atoms with Crippen molar-refractivity contribution in [2.45, 2.75) is 0 Å². The van der Waals surface area contributed by atoms with Crippen molar-refractivity contribution in [1.82, 2.24) is 0 Å². The van der Waals surface area contributed by atoms with Crippen molar-refractivity contribution in [2.24, 2.45) is 0 Å². The molecule has 2 nitrogen and oxygen atoms in total. The Morgan fingerprint density at radius 2 is 1.00 bits per heavy atom. The molecule has 0 atom stereocenters. The predicted octanol–water partition coefficient (Wildman–Crippen LogP) is 6.36. The lowest BCUT2D eigenvalue weighted by Crippen LogP contribution is -2.48. The van der Waals surface area contributed by atoms with Crippen molar-refractivity contribution in [1.29, 1.82) is 0 Å². The van der Waals surface area contributed by atoms with Gasteiger partial charge in [0, 0.05) is 5.39 Å². The molecule has 37 heavy (non-hydrogen) atoms. The molecule has 0 radical (unpaired) electrons. The number of halogens is 12. The number of rotatable bonds is 5. The minimum Gasteiger partial charge on any atom is -0.521 e. The Hall–Kier alpha value is -4.04. The van der Waals surface area contributed by atoms with Crippen LogP contribution in [0.2, 0.25) is 0 Å². The van der Waals surface area contributed by atoms with Gasteiger partial charge in [-0.25, -0.2) is 48.3 Å². The molecule has 0 fully saturated rings. The summed E-state index contributed by atoms with van der Waals surface area (Å²) in [5.74, 6) is -29.1. The van der Waals surface area contributed by atoms with Gasteiger partial charge in [-0.1, -0.05) is 0 Å². The van der Waals surface area contributed by atoms with Crippen LogP contribution in [0, 0.1) is 69.8 Å². The molecular formula is C22H5BF12O2. The van der Waals surface area contributed by atoms with Gasteiger partial charge in [0.2, 0.25) is 5.82 Å². The summed E-state index contributed by atoms with van der Waals surface area (Å²) in [7, 11) is -3.08. The minimum absolute atomic E-state index is 0.144. The topological polar surface area (TPSA) is 18.5 Å². The Bertz CT molecular complexity index is 1550. The average Bonchev–Trinajstić information content (AvgIpc) is 2.86. The van der Waals surface area contributed by atoms with Crippen LogP contribution in [0.25, 0.3) is 10.8 Å². The Labute approximate surface area is 197 Å². The molecule has 0 aliphatic rings. The maximum Gasteiger partial charge on any atom is 0.639 e. The van der Waals surface area contributed by atoms with Crippen LogP contribution >= 0.6 is 0 Å². The van der Waals surface area contributed by atoms with E-state index in [4.69, 9.17) is 4.65 Å². The van der Waals surface area contributed by atoms with Gasteiger partial charge < -0.3 is 9.31 Å². The summed E-state index contributed by atoms with van der Waals surface area (Å²) in [5.41, 5.74) is -2.01. The van der Waals surface area contributed by atoms with Gasteiger partial charge in [0.1, 0.15) is 11.6 Å². The molecule has 4 aromatic rings. The molecule has 0 amide bonds. The first-order valence-electron chi connectivity index (χ1n) is 9.58. The predicted molar refractivity (Wildman–Crippen MR) is 103 cm³/mol. The lowest BCUT2D eigenvalue weighted by molar-refractivity contribution is 0.365. The molecule has 0 saturated heterocycles. The standard InChI is InChI=1S/C22H5BF12O2/c24-7-3-4-11(6-5-10(27)14(28)16(30)12(6)7)36-23(37-22-9(26)2-1-8(25)15(22)29)13-17(31)19(33)21(35)20(34)18(13)32/h1-5H. The van der Waals surface area contributed by atoms with Crippen LogP contribution < -0.4 is 14.8 Å². The zero-order valence-corrected chi connectivity index (χ0v) is 17.3. The number of fused-ring (bicyclic) bond motifs is 1. The van der Waals surface area contributed by atoms with E-state index in [0.29, 0.717) is 12.1 Å². The molecule has 0 bridgehead atoms. The van der Waals surface area contributed by atoms with Crippen molar-refractivity contribution in [3.63, 3.8) is 0 Å². The minimum atomic E-state index is -3.08. The van der Waals surface area contributed by atoms with E-state index >= 15 is 0 Å². The summed E-state index contributed by atoms with van der Waals surface area (Å²) in [6.45, 7) is 0. The molecule has 0 aromatic heterocycles. The summed E-state index contributed by atoms with van der Waals surface area (Å²) in [6, 6.07) is 1.56. The van der Waals surface area contributed by atoms with Crippen LogP contribution in [-0.2, 0) is 0 Å². The van der Waals surface area contributed by atoms with E-state index in [1.54, 1.807) is 0 Å². The van der Waals surface area contributed by atoms with Crippen molar-refractivity contribution in [3.05, 3.63) is 100 Å². The van der Waals surface area contributed by atoms with E-state index in [-0.39, 0.29) is 18.2 Å². The van der Waals surface area contributed by atoms with Gasteiger partial charge in [-0.05, 0) is 30.3 Å². The highest BCUT2D eigenvalue weighted by Crippen LogP contribution is 2.34. The monoisotopic (exact) mass is 540 g/mol. The van der Waals surface area contributed by atoms with Crippen LogP contribution in [0.15, 0.2) is 30.3 Å². The molecule has 192 valence electrons. The van der Waals surface area contributed by atoms with E-state index in [2.05, 4.69) is 4.65 Å². The Balaban J connectivity index is 1.98. The largest absolute Gasteiger partial charge is 0.639 e. The van der Waals surface area contributed by atoms with E-state index in [1.165, 1.54) is 0 Å². The van der Waals surface area contributed by atoms with Crippen molar-refractivity contribution >= 4 is 23.4 Å². The van der Waals surface area contributed by atoms with Crippen LogP contribution in [0.3, 0.4) is 0 Å². The second-order valence-corrected chi connectivity index (χ2v) is 7.18. The Morgan fingerprint density at radius 3 is 1.62 bits per heavy atom. The average molecular weight is 540 g/mol. The Morgan fingerprint density at radius 1 is 0.459 bits per heavy atom. The maximum atomic E-state index is 14.5. The second kappa shape index (κ2) is 9.44. The van der Waals surface area contributed by atoms with E-state index in [1.807, 2.05) is 0 Å². The summed E-state index contributed by atoms with van der Waals surface area (Å²) in [5, 5.41) is -2.27. The quantitative estimate of drug-likeness (QED) is 0.127. The number of hydrogen-bond acceptors (Lipinski definition) is 2.